The Morgan fingerprint density at radius 1 is 1.05 bits per heavy atom. The molecule has 0 radical (unpaired) electrons. The third-order valence-corrected chi connectivity index (χ3v) is 4.96. The van der Waals surface area contributed by atoms with Crippen LogP contribution < -0.4 is 0 Å². The Labute approximate surface area is 119 Å². The van der Waals surface area contributed by atoms with Crippen LogP contribution in [0, 0.1) is 5.82 Å². The monoisotopic (exact) mass is 289 g/mol. The van der Waals surface area contributed by atoms with Gasteiger partial charge >= 0.3 is 0 Å². The predicted octanol–water partition coefficient (Wildman–Crippen LogP) is 4.87. The molecule has 1 heterocycles. The molecule has 0 saturated heterocycles. The van der Waals surface area contributed by atoms with Crippen LogP contribution in [0.25, 0.3) is 10.2 Å². The lowest BCUT2D eigenvalue weighted by molar-refractivity contribution is 0.626. The fourth-order valence-corrected chi connectivity index (χ4v) is 3.87. The summed E-state index contributed by atoms with van der Waals surface area (Å²) in [5, 5.41) is 1.13. The van der Waals surface area contributed by atoms with E-state index in [-0.39, 0.29) is 5.82 Å². The van der Waals surface area contributed by atoms with Gasteiger partial charge in [0.1, 0.15) is 10.8 Å². The molecule has 0 spiro atoms. The maximum Gasteiger partial charge on any atom is 0.123 e. The molecule has 3 rings (SSSR count). The van der Waals surface area contributed by atoms with Crippen molar-refractivity contribution in [1.29, 1.82) is 0 Å². The molecular formula is C15H12FNS2. The number of nitrogens with zero attached hydrogens (tertiary/aromatic N) is 1. The zero-order valence-corrected chi connectivity index (χ0v) is 11.8. The number of rotatable bonds is 4. The van der Waals surface area contributed by atoms with E-state index in [0.717, 1.165) is 27.6 Å². The van der Waals surface area contributed by atoms with Crippen molar-refractivity contribution in [2.75, 3.05) is 0 Å². The van der Waals surface area contributed by atoms with Crippen LogP contribution in [0.15, 0.2) is 48.5 Å². The van der Waals surface area contributed by atoms with Crippen molar-refractivity contribution in [3.05, 3.63) is 64.9 Å². The van der Waals surface area contributed by atoms with Crippen molar-refractivity contribution in [3.63, 3.8) is 0 Å². The van der Waals surface area contributed by atoms with Crippen molar-refractivity contribution >= 4 is 33.3 Å². The molecule has 2 aromatic carbocycles. The van der Waals surface area contributed by atoms with Crippen molar-refractivity contribution in [1.82, 2.24) is 4.98 Å². The van der Waals surface area contributed by atoms with E-state index in [4.69, 9.17) is 0 Å². The van der Waals surface area contributed by atoms with Crippen molar-refractivity contribution in [3.8, 4) is 0 Å². The second-order valence-electron chi connectivity index (χ2n) is 4.20. The molecule has 1 aromatic heterocycles. The van der Waals surface area contributed by atoms with E-state index in [1.807, 2.05) is 24.3 Å². The molecule has 19 heavy (non-hydrogen) atoms. The number of hydrogen-bond acceptors (Lipinski definition) is 3. The molecule has 0 atom stereocenters. The van der Waals surface area contributed by atoms with E-state index in [1.54, 1.807) is 35.2 Å². The van der Waals surface area contributed by atoms with E-state index in [1.165, 1.54) is 10.8 Å². The third-order valence-electron chi connectivity index (χ3n) is 2.72. The summed E-state index contributed by atoms with van der Waals surface area (Å²) >= 11 is 3.49. The first-order valence-corrected chi connectivity index (χ1v) is 7.95. The molecule has 0 amide bonds. The molecular weight excluding hydrogens is 277 g/mol. The van der Waals surface area contributed by atoms with Crippen LogP contribution in [0.2, 0.25) is 0 Å². The Balaban J connectivity index is 1.63. The van der Waals surface area contributed by atoms with Gasteiger partial charge < -0.3 is 0 Å². The topological polar surface area (TPSA) is 12.9 Å². The van der Waals surface area contributed by atoms with Crippen LogP contribution in [-0.4, -0.2) is 4.98 Å². The highest BCUT2D eigenvalue weighted by molar-refractivity contribution is 7.97. The predicted molar refractivity (Wildman–Crippen MR) is 81.0 cm³/mol. The summed E-state index contributed by atoms with van der Waals surface area (Å²) in [6, 6.07) is 14.9. The van der Waals surface area contributed by atoms with Crippen molar-refractivity contribution < 1.29 is 4.39 Å². The Bertz CT molecular complexity index is 660. The zero-order valence-electron chi connectivity index (χ0n) is 10.2. The van der Waals surface area contributed by atoms with Crippen molar-refractivity contribution in [2.45, 2.75) is 11.5 Å². The average Bonchev–Trinajstić information content (AvgIpc) is 2.81. The van der Waals surface area contributed by atoms with Gasteiger partial charge in [0.15, 0.2) is 0 Å². The summed E-state index contributed by atoms with van der Waals surface area (Å²) in [4.78, 5) is 4.59. The SMILES string of the molecule is Fc1cccc(CSCc2nc3ccccc3s2)c1. The number of hydrogen-bond donors (Lipinski definition) is 0. The van der Waals surface area contributed by atoms with Gasteiger partial charge in [-0.2, -0.15) is 0 Å². The van der Waals surface area contributed by atoms with Gasteiger partial charge in [-0.3, -0.25) is 0 Å². The van der Waals surface area contributed by atoms with E-state index in [0.29, 0.717) is 0 Å². The van der Waals surface area contributed by atoms with Crippen LogP contribution in [0.4, 0.5) is 4.39 Å². The Kier molecular flexibility index (Phi) is 3.80. The van der Waals surface area contributed by atoms with E-state index < -0.39 is 0 Å². The lowest BCUT2D eigenvalue weighted by atomic mass is 10.2. The lowest BCUT2D eigenvalue weighted by Crippen LogP contribution is -1.84. The summed E-state index contributed by atoms with van der Waals surface area (Å²) in [7, 11) is 0. The van der Waals surface area contributed by atoms with Crippen LogP contribution in [0.1, 0.15) is 10.6 Å². The summed E-state index contributed by atoms with van der Waals surface area (Å²) < 4.78 is 14.3. The zero-order chi connectivity index (χ0) is 13.1. The number of thioether (sulfide) groups is 1. The van der Waals surface area contributed by atoms with Crippen LogP contribution >= 0.6 is 23.1 Å². The molecule has 1 nitrogen and oxygen atoms in total. The molecule has 0 bridgehead atoms. The second kappa shape index (κ2) is 5.72. The highest BCUT2D eigenvalue weighted by Crippen LogP contribution is 2.26. The van der Waals surface area contributed by atoms with E-state index in [9.17, 15) is 4.39 Å². The normalized spacial score (nSPS) is 11.0. The van der Waals surface area contributed by atoms with E-state index in [2.05, 4.69) is 11.1 Å². The molecule has 0 unspecified atom stereocenters. The summed E-state index contributed by atoms with van der Waals surface area (Å²) in [6.07, 6.45) is 0. The number of aromatic nitrogens is 1. The number of thiazole rings is 1. The molecule has 0 saturated carbocycles. The molecule has 4 heteroatoms. The highest BCUT2D eigenvalue weighted by atomic mass is 32.2. The maximum absolute atomic E-state index is 13.0. The first kappa shape index (κ1) is 12.6. The fourth-order valence-electron chi connectivity index (χ4n) is 1.86. The molecule has 0 fully saturated rings. The number of halogens is 1. The van der Waals surface area contributed by atoms with Gasteiger partial charge in [-0.15, -0.1) is 23.1 Å². The second-order valence-corrected chi connectivity index (χ2v) is 6.30. The quantitative estimate of drug-likeness (QED) is 0.679. The largest absolute Gasteiger partial charge is 0.240 e. The minimum atomic E-state index is -0.168. The minimum absolute atomic E-state index is 0.168. The van der Waals surface area contributed by atoms with Gasteiger partial charge in [0.25, 0.3) is 0 Å². The number of para-hydroxylation sites is 1. The molecule has 0 N–H and O–H groups in total. The Hall–Kier alpha value is -1.39. The highest BCUT2D eigenvalue weighted by Gasteiger charge is 2.03. The first-order valence-electron chi connectivity index (χ1n) is 5.98. The minimum Gasteiger partial charge on any atom is -0.240 e. The molecule has 0 aliphatic heterocycles. The van der Waals surface area contributed by atoms with Gasteiger partial charge in [0.05, 0.1) is 10.2 Å². The van der Waals surface area contributed by atoms with Crippen LogP contribution in [0.3, 0.4) is 0 Å². The van der Waals surface area contributed by atoms with Gasteiger partial charge in [0, 0.05) is 11.5 Å². The number of fused-ring (bicyclic) bond motifs is 1. The molecule has 0 aliphatic rings. The lowest BCUT2D eigenvalue weighted by Gasteiger charge is -2.00. The van der Waals surface area contributed by atoms with Crippen LogP contribution in [0.5, 0.6) is 0 Å². The number of benzene rings is 2. The molecule has 3 aromatic rings. The van der Waals surface area contributed by atoms with Gasteiger partial charge in [0.2, 0.25) is 0 Å². The van der Waals surface area contributed by atoms with E-state index >= 15 is 0 Å². The maximum atomic E-state index is 13.0. The average molecular weight is 289 g/mol. The fraction of sp³-hybridized carbons (Fsp3) is 0.133. The first-order chi connectivity index (χ1) is 9.31. The standard InChI is InChI=1S/C15H12FNS2/c16-12-5-3-4-11(8-12)9-18-10-15-17-13-6-1-2-7-14(13)19-15/h1-8H,9-10H2. The summed E-state index contributed by atoms with van der Waals surface area (Å²) in [6.45, 7) is 0. The Morgan fingerprint density at radius 3 is 2.79 bits per heavy atom. The molecule has 96 valence electrons. The summed E-state index contributed by atoms with van der Waals surface area (Å²) in [5.74, 6) is 1.52. The van der Waals surface area contributed by atoms with Gasteiger partial charge in [-0.1, -0.05) is 24.3 Å². The summed E-state index contributed by atoms with van der Waals surface area (Å²) in [5.41, 5.74) is 2.08. The Morgan fingerprint density at radius 2 is 1.95 bits per heavy atom. The van der Waals surface area contributed by atoms with Crippen LogP contribution in [-0.2, 0) is 11.5 Å². The van der Waals surface area contributed by atoms with Crippen molar-refractivity contribution in [2.24, 2.45) is 0 Å². The van der Waals surface area contributed by atoms with Gasteiger partial charge in [-0.05, 0) is 29.8 Å². The smallest absolute Gasteiger partial charge is 0.123 e. The van der Waals surface area contributed by atoms with Gasteiger partial charge in [-0.25, -0.2) is 9.37 Å². The molecule has 0 aliphatic carbocycles. The third kappa shape index (κ3) is 3.14.